The molecule has 2 aromatic carbocycles. The van der Waals surface area contributed by atoms with Crippen LogP contribution in [0, 0.1) is 0 Å². The highest BCUT2D eigenvalue weighted by atomic mass is 35.5. The number of amides is 2. The van der Waals surface area contributed by atoms with Crippen molar-refractivity contribution in [1.29, 1.82) is 0 Å². The van der Waals surface area contributed by atoms with Gasteiger partial charge >= 0.3 is 0 Å². The van der Waals surface area contributed by atoms with Gasteiger partial charge in [-0.2, -0.15) is 0 Å². The quantitative estimate of drug-likeness (QED) is 0.391. The first-order chi connectivity index (χ1) is 14.1. The lowest BCUT2D eigenvalue weighted by Crippen LogP contribution is -2.24. The molecule has 0 aliphatic heterocycles. The molecule has 5 heteroatoms. The molecule has 0 atom stereocenters. The third-order valence-corrected chi connectivity index (χ3v) is 5.08. The number of carbonyl (C=O) groups is 2. The third kappa shape index (κ3) is 8.70. The summed E-state index contributed by atoms with van der Waals surface area (Å²) in [5, 5.41) is 6.36. The summed E-state index contributed by atoms with van der Waals surface area (Å²) in [6, 6.07) is 13.6. The molecule has 0 heterocycles. The number of anilines is 1. The summed E-state index contributed by atoms with van der Waals surface area (Å²) in [7, 11) is 0. The number of rotatable bonds is 12. The van der Waals surface area contributed by atoms with Crippen molar-refractivity contribution in [3.05, 3.63) is 64.7 Å². The highest BCUT2D eigenvalue weighted by Crippen LogP contribution is 2.14. The van der Waals surface area contributed by atoms with E-state index in [9.17, 15) is 9.59 Å². The zero-order valence-corrected chi connectivity index (χ0v) is 17.9. The monoisotopic (exact) mass is 414 g/mol. The zero-order chi connectivity index (χ0) is 20.9. The minimum atomic E-state index is -0.214. The minimum Gasteiger partial charge on any atom is -0.352 e. The van der Waals surface area contributed by atoms with Crippen LogP contribution < -0.4 is 10.6 Å². The second kappa shape index (κ2) is 13.0. The van der Waals surface area contributed by atoms with Crippen molar-refractivity contribution in [2.24, 2.45) is 0 Å². The van der Waals surface area contributed by atoms with Gasteiger partial charge in [0.05, 0.1) is 0 Å². The molecule has 2 aromatic rings. The molecule has 0 saturated carbocycles. The number of nitrogens with one attached hydrogen (secondary N) is 2. The molecule has 4 nitrogen and oxygen atoms in total. The molecule has 2 N–H and O–H groups in total. The van der Waals surface area contributed by atoms with Gasteiger partial charge in [0.2, 0.25) is 0 Å². The van der Waals surface area contributed by atoms with Crippen LogP contribution in [-0.4, -0.2) is 18.4 Å². The van der Waals surface area contributed by atoms with Crippen LogP contribution in [0.5, 0.6) is 0 Å². The predicted octanol–water partition coefficient (Wildman–Crippen LogP) is 6.46. The van der Waals surface area contributed by atoms with Gasteiger partial charge in [-0.05, 0) is 55.0 Å². The second-order valence-electron chi connectivity index (χ2n) is 7.27. The first-order valence-corrected chi connectivity index (χ1v) is 10.9. The molecule has 2 amide bonds. The molecule has 156 valence electrons. The molecule has 2 rings (SSSR count). The standard InChI is InChI=1S/C24H31ClN2O2/c1-2-3-4-5-6-7-8-9-18-26-23(28)19-12-16-22(17-13-19)27-24(29)20-10-14-21(25)15-11-20/h10-17H,2-9,18H2,1H3,(H,26,28)(H,27,29). The van der Waals surface area contributed by atoms with Crippen LogP contribution in [0.3, 0.4) is 0 Å². The maximum Gasteiger partial charge on any atom is 0.255 e. The average Bonchev–Trinajstić information content (AvgIpc) is 2.73. The summed E-state index contributed by atoms with van der Waals surface area (Å²) >= 11 is 5.84. The van der Waals surface area contributed by atoms with Crippen LogP contribution in [0.1, 0.15) is 79.0 Å². The largest absolute Gasteiger partial charge is 0.352 e. The lowest BCUT2D eigenvalue weighted by molar-refractivity contribution is 0.0952. The minimum absolute atomic E-state index is 0.0801. The van der Waals surface area contributed by atoms with Crippen molar-refractivity contribution in [3.63, 3.8) is 0 Å². The molecule has 0 radical (unpaired) electrons. The van der Waals surface area contributed by atoms with Crippen molar-refractivity contribution in [1.82, 2.24) is 5.32 Å². The summed E-state index contributed by atoms with van der Waals surface area (Å²) in [6.07, 6.45) is 9.96. The van der Waals surface area contributed by atoms with E-state index in [1.807, 2.05) is 0 Å². The fourth-order valence-corrected chi connectivity index (χ4v) is 3.20. The normalized spacial score (nSPS) is 10.6. The number of hydrogen-bond acceptors (Lipinski definition) is 2. The number of halogens is 1. The van der Waals surface area contributed by atoms with Gasteiger partial charge in [-0.3, -0.25) is 9.59 Å². The van der Waals surface area contributed by atoms with E-state index in [-0.39, 0.29) is 11.8 Å². The van der Waals surface area contributed by atoms with Crippen molar-refractivity contribution in [2.45, 2.75) is 58.3 Å². The van der Waals surface area contributed by atoms with Crippen molar-refractivity contribution in [3.8, 4) is 0 Å². The Hall–Kier alpha value is -2.33. The van der Waals surface area contributed by atoms with Gasteiger partial charge in [0.15, 0.2) is 0 Å². The lowest BCUT2D eigenvalue weighted by atomic mass is 10.1. The molecule has 0 spiro atoms. The van der Waals surface area contributed by atoms with Crippen LogP contribution in [0.2, 0.25) is 5.02 Å². The van der Waals surface area contributed by atoms with E-state index >= 15 is 0 Å². The van der Waals surface area contributed by atoms with Crippen LogP contribution in [0.4, 0.5) is 5.69 Å². The molecule has 0 saturated heterocycles. The molecule has 29 heavy (non-hydrogen) atoms. The summed E-state index contributed by atoms with van der Waals surface area (Å²) in [6.45, 7) is 2.93. The fraction of sp³-hybridized carbons (Fsp3) is 0.417. The molecule has 0 aromatic heterocycles. The summed E-state index contributed by atoms with van der Waals surface area (Å²) in [4.78, 5) is 24.4. The van der Waals surface area contributed by atoms with E-state index in [0.29, 0.717) is 28.4 Å². The molecule has 0 bridgehead atoms. The van der Waals surface area contributed by atoms with Crippen LogP contribution >= 0.6 is 11.6 Å². The topological polar surface area (TPSA) is 58.2 Å². The Morgan fingerprint density at radius 2 is 1.24 bits per heavy atom. The van der Waals surface area contributed by atoms with E-state index in [1.165, 1.54) is 38.5 Å². The second-order valence-corrected chi connectivity index (χ2v) is 7.71. The highest BCUT2D eigenvalue weighted by Gasteiger charge is 2.08. The first-order valence-electron chi connectivity index (χ1n) is 10.6. The van der Waals surface area contributed by atoms with E-state index in [0.717, 1.165) is 12.8 Å². The summed E-state index contributed by atoms with van der Waals surface area (Å²) in [5.41, 5.74) is 1.76. The number of unbranched alkanes of at least 4 members (excludes halogenated alkanes) is 7. The van der Waals surface area contributed by atoms with Gasteiger partial charge in [0.1, 0.15) is 0 Å². The Morgan fingerprint density at radius 3 is 1.86 bits per heavy atom. The van der Waals surface area contributed by atoms with Gasteiger partial charge < -0.3 is 10.6 Å². The SMILES string of the molecule is CCCCCCCCCCNC(=O)c1ccc(NC(=O)c2ccc(Cl)cc2)cc1. The Labute approximate surface area is 179 Å². The summed E-state index contributed by atoms with van der Waals surface area (Å²) in [5.74, 6) is -0.294. The van der Waals surface area contributed by atoms with Gasteiger partial charge in [0, 0.05) is 28.4 Å². The molecule has 0 aliphatic rings. The molecular formula is C24H31ClN2O2. The van der Waals surface area contributed by atoms with E-state index in [1.54, 1.807) is 48.5 Å². The Balaban J connectivity index is 1.67. The van der Waals surface area contributed by atoms with Crippen LogP contribution in [0.15, 0.2) is 48.5 Å². The van der Waals surface area contributed by atoms with Gasteiger partial charge in [-0.15, -0.1) is 0 Å². The van der Waals surface area contributed by atoms with Gasteiger partial charge in [-0.1, -0.05) is 63.5 Å². The fourth-order valence-electron chi connectivity index (χ4n) is 3.07. The Bertz CT molecular complexity index is 757. The third-order valence-electron chi connectivity index (χ3n) is 4.83. The predicted molar refractivity (Wildman–Crippen MR) is 121 cm³/mol. The van der Waals surface area contributed by atoms with Gasteiger partial charge in [0.25, 0.3) is 11.8 Å². The molecule has 0 unspecified atom stereocenters. The number of hydrogen-bond donors (Lipinski definition) is 2. The first kappa shape index (κ1) is 23.0. The van der Waals surface area contributed by atoms with Crippen molar-refractivity contribution < 1.29 is 9.59 Å². The average molecular weight is 415 g/mol. The molecular weight excluding hydrogens is 384 g/mol. The molecule has 0 aliphatic carbocycles. The zero-order valence-electron chi connectivity index (χ0n) is 17.2. The number of carbonyl (C=O) groups excluding carboxylic acids is 2. The van der Waals surface area contributed by atoms with Crippen LogP contribution in [-0.2, 0) is 0 Å². The maximum absolute atomic E-state index is 12.2. The molecule has 0 fully saturated rings. The van der Waals surface area contributed by atoms with Crippen molar-refractivity contribution >= 4 is 29.1 Å². The van der Waals surface area contributed by atoms with E-state index in [2.05, 4.69) is 17.6 Å². The lowest BCUT2D eigenvalue weighted by Gasteiger charge is -2.08. The number of benzene rings is 2. The maximum atomic E-state index is 12.2. The smallest absolute Gasteiger partial charge is 0.255 e. The summed E-state index contributed by atoms with van der Waals surface area (Å²) < 4.78 is 0. The van der Waals surface area contributed by atoms with Crippen molar-refractivity contribution in [2.75, 3.05) is 11.9 Å². The van der Waals surface area contributed by atoms with E-state index in [4.69, 9.17) is 11.6 Å². The Kier molecular flexibility index (Phi) is 10.3. The van der Waals surface area contributed by atoms with Gasteiger partial charge in [-0.25, -0.2) is 0 Å². The Morgan fingerprint density at radius 1 is 0.724 bits per heavy atom. The van der Waals surface area contributed by atoms with E-state index < -0.39 is 0 Å². The van der Waals surface area contributed by atoms with Crippen LogP contribution in [0.25, 0.3) is 0 Å². The highest BCUT2D eigenvalue weighted by molar-refractivity contribution is 6.30.